The molecule has 0 rings (SSSR count). The highest BCUT2D eigenvalue weighted by molar-refractivity contribution is 7.72. The molecule has 218 valence electrons. The summed E-state index contributed by atoms with van der Waals surface area (Å²) in [7, 11) is -11.1. The molecule has 0 heterocycles. The van der Waals surface area contributed by atoms with Crippen molar-refractivity contribution in [2.45, 2.75) is 56.2 Å². The molecule has 13 nitrogen and oxygen atoms in total. The Hall–Kier alpha value is 0.280. The molecule has 19 heteroatoms. The molecule has 0 aromatic carbocycles. The number of rotatable bonds is 19. The zero-order valence-corrected chi connectivity index (χ0v) is 24.7. The highest BCUT2D eigenvalue weighted by Crippen LogP contribution is 2.69. The average molecular weight is 646 g/mol. The summed E-state index contributed by atoms with van der Waals surface area (Å²) in [6.45, 7) is 3.04. The molecule has 0 unspecified atom stereocenters. The normalized spacial score (nSPS) is 13.7. The van der Waals surface area contributed by atoms with Crippen LogP contribution in [0.3, 0.4) is 0 Å². The standard InChI is InChI=1S/C17H36Cl2N4O9P2.2ClH/c1-13(15(24)22-10-4-6-17(26,33(27,28)29)34(30,31)32)23-16(25)14(21-12-8-19)5-2-3-9-20-11-7-18;;/h13-14,20-21,26H,2-12H2,1H3,(H,22,24)(H,23,25)(H2,27,28,29)(H2,30,31,32);2*1H/t13-,14-;;/m0../s1. The van der Waals surface area contributed by atoms with Crippen LogP contribution in [-0.2, 0) is 18.7 Å². The van der Waals surface area contributed by atoms with Crippen LogP contribution in [0, 0.1) is 0 Å². The van der Waals surface area contributed by atoms with E-state index in [4.69, 9.17) is 42.8 Å². The lowest BCUT2D eigenvalue weighted by atomic mass is 10.1. The summed E-state index contributed by atoms with van der Waals surface area (Å²) in [4.78, 5) is 61.2. The van der Waals surface area contributed by atoms with E-state index in [-0.39, 0.29) is 37.8 Å². The van der Waals surface area contributed by atoms with Crippen LogP contribution in [0.2, 0.25) is 0 Å². The number of unbranched alkanes of at least 4 members (excludes halogenated alkanes) is 1. The lowest BCUT2D eigenvalue weighted by Gasteiger charge is -2.29. The Morgan fingerprint density at radius 1 is 0.861 bits per heavy atom. The minimum atomic E-state index is -5.55. The van der Waals surface area contributed by atoms with E-state index in [1.165, 1.54) is 6.92 Å². The second-order valence-electron chi connectivity index (χ2n) is 7.62. The van der Waals surface area contributed by atoms with Crippen molar-refractivity contribution in [2.24, 2.45) is 0 Å². The third-order valence-electron chi connectivity index (χ3n) is 4.84. The van der Waals surface area contributed by atoms with Crippen molar-refractivity contribution < 1.29 is 43.4 Å². The summed E-state index contributed by atoms with van der Waals surface area (Å²) in [5.41, 5.74) is 0. The second kappa shape index (κ2) is 20.2. The van der Waals surface area contributed by atoms with Gasteiger partial charge in [0, 0.05) is 37.8 Å². The number of halogens is 4. The van der Waals surface area contributed by atoms with Crippen LogP contribution in [0.25, 0.3) is 0 Å². The largest absolute Gasteiger partial charge is 0.369 e. The van der Waals surface area contributed by atoms with E-state index in [9.17, 15) is 23.8 Å². The lowest BCUT2D eigenvalue weighted by Crippen LogP contribution is -2.52. The maximum atomic E-state index is 12.6. The van der Waals surface area contributed by atoms with E-state index in [0.29, 0.717) is 31.3 Å². The van der Waals surface area contributed by atoms with Crippen molar-refractivity contribution in [3.05, 3.63) is 0 Å². The molecule has 2 atom stereocenters. The van der Waals surface area contributed by atoms with E-state index in [1.807, 2.05) is 0 Å². The molecule has 0 fully saturated rings. The zero-order valence-electron chi connectivity index (χ0n) is 19.8. The highest BCUT2D eigenvalue weighted by Gasteiger charge is 2.58. The molecule has 0 saturated carbocycles. The van der Waals surface area contributed by atoms with Crippen LogP contribution < -0.4 is 21.3 Å². The van der Waals surface area contributed by atoms with Gasteiger partial charge in [-0.05, 0) is 32.7 Å². The fourth-order valence-electron chi connectivity index (χ4n) is 2.88. The molecular formula is C17H38Cl4N4O9P2. The first-order chi connectivity index (χ1) is 15.7. The Bertz CT molecular complexity index is 708. The summed E-state index contributed by atoms with van der Waals surface area (Å²) in [5.74, 6) is -0.215. The third-order valence-corrected chi connectivity index (χ3v) is 9.10. The van der Waals surface area contributed by atoms with Crippen LogP contribution in [0.1, 0.15) is 39.0 Å². The molecule has 0 aromatic heterocycles. The molecule has 0 saturated heterocycles. The molecule has 0 spiro atoms. The zero-order chi connectivity index (χ0) is 26.4. The molecule has 0 bridgehead atoms. The van der Waals surface area contributed by atoms with Crippen LogP contribution in [0.15, 0.2) is 0 Å². The molecule has 0 aliphatic heterocycles. The van der Waals surface area contributed by atoms with Gasteiger partial charge < -0.3 is 45.9 Å². The van der Waals surface area contributed by atoms with E-state index >= 15 is 0 Å². The van der Waals surface area contributed by atoms with Gasteiger partial charge in [0.1, 0.15) is 6.04 Å². The maximum absolute atomic E-state index is 12.6. The van der Waals surface area contributed by atoms with Gasteiger partial charge >= 0.3 is 15.2 Å². The highest BCUT2D eigenvalue weighted by atomic mass is 35.5. The van der Waals surface area contributed by atoms with Gasteiger partial charge in [-0.2, -0.15) is 0 Å². The van der Waals surface area contributed by atoms with Gasteiger partial charge in [-0.3, -0.25) is 18.7 Å². The molecule has 9 N–H and O–H groups in total. The fourth-order valence-corrected chi connectivity index (χ4v) is 5.37. The van der Waals surface area contributed by atoms with E-state index in [1.54, 1.807) is 0 Å². The van der Waals surface area contributed by atoms with Gasteiger partial charge in [0.2, 0.25) is 11.8 Å². The maximum Gasteiger partial charge on any atom is 0.369 e. The number of carbonyl (C=O) groups excluding carboxylic acids is 2. The molecule has 0 radical (unpaired) electrons. The predicted molar refractivity (Wildman–Crippen MR) is 143 cm³/mol. The molecule has 2 amide bonds. The summed E-state index contributed by atoms with van der Waals surface area (Å²) in [5, 5.41) is 17.4. The number of amides is 2. The Balaban J connectivity index is -0.00000544. The Morgan fingerprint density at radius 2 is 1.42 bits per heavy atom. The minimum Gasteiger partial charge on any atom is -0.368 e. The second-order valence-corrected chi connectivity index (χ2v) is 12.4. The third kappa shape index (κ3) is 15.0. The van der Waals surface area contributed by atoms with Gasteiger partial charge in [-0.15, -0.1) is 48.0 Å². The SMILES string of the molecule is C[C@H](NC(=O)[C@H](CCCCNCCCl)NCCCl)C(=O)NCCCC(O)(P(=O)(O)O)P(=O)(O)O.Cl.Cl. The van der Waals surface area contributed by atoms with E-state index < -0.39 is 50.6 Å². The van der Waals surface area contributed by atoms with Gasteiger partial charge in [0.15, 0.2) is 0 Å². The first-order valence-electron chi connectivity index (χ1n) is 10.7. The smallest absolute Gasteiger partial charge is 0.368 e. The van der Waals surface area contributed by atoms with Gasteiger partial charge in [0.25, 0.3) is 5.08 Å². The van der Waals surface area contributed by atoms with Crippen LogP contribution in [-0.4, -0.2) is 91.6 Å². The Kier molecular flexibility index (Phi) is 22.9. The summed E-state index contributed by atoms with van der Waals surface area (Å²) >= 11 is 11.3. The average Bonchev–Trinajstić information content (AvgIpc) is 2.73. The molecular weight excluding hydrogens is 608 g/mol. The molecule has 0 aromatic rings. The van der Waals surface area contributed by atoms with Crippen LogP contribution >= 0.6 is 63.2 Å². The van der Waals surface area contributed by atoms with Crippen molar-refractivity contribution in [3.8, 4) is 0 Å². The minimum absolute atomic E-state index is 0. The number of alkyl halides is 2. The Morgan fingerprint density at radius 3 is 1.92 bits per heavy atom. The van der Waals surface area contributed by atoms with E-state index in [2.05, 4.69) is 21.3 Å². The van der Waals surface area contributed by atoms with Crippen molar-refractivity contribution >= 4 is 75.0 Å². The molecule has 0 aliphatic carbocycles. The van der Waals surface area contributed by atoms with Crippen molar-refractivity contribution in [2.75, 3.05) is 37.9 Å². The quantitative estimate of drug-likeness (QED) is 0.0533. The van der Waals surface area contributed by atoms with Gasteiger partial charge in [0.05, 0.1) is 6.04 Å². The number of carbonyl (C=O) groups is 2. The lowest BCUT2D eigenvalue weighted by molar-refractivity contribution is -0.129. The van der Waals surface area contributed by atoms with Gasteiger partial charge in [-0.1, -0.05) is 6.42 Å². The Labute approximate surface area is 233 Å². The number of hydrogen-bond acceptors (Lipinski definition) is 7. The number of aliphatic hydroxyl groups is 1. The number of nitrogens with one attached hydrogen (secondary N) is 4. The van der Waals surface area contributed by atoms with E-state index in [0.717, 1.165) is 19.4 Å². The van der Waals surface area contributed by atoms with Crippen molar-refractivity contribution in [3.63, 3.8) is 0 Å². The topological polar surface area (TPSA) is 218 Å². The van der Waals surface area contributed by atoms with Crippen LogP contribution in [0.4, 0.5) is 0 Å². The summed E-state index contributed by atoms with van der Waals surface area (Å²) < 4.78 is 22.7. The molecule has 36 heavy (non-hydrogen) atoms. The fraction of sp³-hybridized carbons (Fsp3) is 0.882. The van der Waals surface area contributed by atoms with Crippen molar-refractivity contribution in [1.82, 2.24) is 21.3 Å². The first-order valence-corrected chi connectivity index (χ1v) is 15.0. The van der Waals surface area contributed by atoms with Crippen LogP contribution in [0.5, 0.6) is 0 Å². The number of hydrogen-bond donors (Lipinski definition) is 9. The predicted octanol–water partition coefficient (Wildman–Crippen LogP) is 0.428. The van der Waals surface area contributed by atoms with Crippen molar-refractivity contribution in [1.29, 1.82) is 0 Å². The molecule has 0 aliphatic rings. The monoisotopic (exact) mass is 644 g/mol. The summed E-state index contributed by atoms with van der Waals surface area (Å²) in [6, 6.07) is -1.52. The first kappa shape index (κ1) is 40.8. The van der Waals surface area contributed by atoms with Gasteiger partial charge in [-0.25, -0.2) is 0 Å². The summed E-state index contributed by atoms with van der Waals surface area (Å²) in [6.07, 6.45) is 0.798.